The van der Waals surface area contributed by atoms with Crippen LogP contribution in [0.4, 0.5) is 5.69 Å². The molecule has 4 rings (SSSR count). The number of anilines is 1. The third-order valence-corrected chi connectivity index (χ3v) is 6.37. The quantitative estimate of drug-likeness (QED) is 0.877. The summed E-state index contributed by atoms with van der Waals surface area (Å²) in [6.45, 7) is 1.11. The average Bonchev–Trinajstić information content (AvgIpc) is 3.30. The van der Waals surface area contributed by atoms with Crippen LogP contribution in [0.15, 0.2) is 42.5 Å². The lowest BCUT2D eigenvalue weighted by molar-refractivity contribution is -0.119. The standard InChI is InChI=1S/C20H22N2O4S/c1-27(24,25)22-10-3-6-18(22)20(23)21-17-5-2-4-14(13-17)15-7-8-19-16(12-15)9-11-26-19/h2,4-5,7-8,12-13,18H,3,6,9-11H2,1H3,(H,21,23). The molecular formula is C20H22N2O4S. The summed E-state index contributed by atoms with van der Waals surface area (Å²) in [4.78, 5) is 12.6. The van der Waals surface area contributed by atoms with Crippen molar-refractivity contribution in [2.75, 3.05) is 24.7 Å². The number of hydrogen-bond donors (Lipinski definition) is 1. The van der Waals surface area contributed by atoms with Gasteiger partial charge in [0.05, 0.1) is 12.9 Å². The van der Waals surface area contributed by atoms with Crippen molar-refractivity contribution in [2.24, 2.45) is 0 Å². The summed E-state index contributed by atoms with van der Waals surface area (Å²) >= 11 is 0. The Bertz CT molecular complexity index is 987. The molecule has 0 bridgehead atoms. The summed E-state index contributed by atoms with van der Waals surface area (Å²) in [5.41, 5.74) is 3.91. The molecule has 6 nitrogen and oxygen atoms in total. The number of benzene rings is 2. The Kier molecular flexibility index (Phi) is 4.65. The Labute approximate surface area is 159 Å². The van der Waals surface area contributed by atoms with Crippen molar-refractivity contribution in [3.63, 3.8) is 0 Å². The van der Waals surface area contributed by atoms with Gasteiger partial charge in [-0.15, -0.1) is 0 Å². The Morgan fingerprint density at radius 2 is 2.00 bits per heavy atom. The molecule has 1 atom stereocenters. The fourth-order valence-electron chi connectivity index (χ4n) is 3.77. The fraction of sp³-hybridized carbons (Fsp3) is 0.350. The van der Waals surface area contributed by atoms with Gasteiger partial charge in [-0.05, 0) is 53.8 Å². The summed E-state index contributed by atoms with van der Waals surface area (Å²) in [7, 11) is -3.39. The molecule has 1 fully saturated rings. The van der Waals surface area contributed by atoms with E-state index in [2.05, 4.69) is 11.4 Å². The molecule has 2 aliphatic heterocycles. The topological polar surface area (TPSA) is 75.7 Å². The lowest BCUT2D eigenvalue weighted by Gasteiger charge is -2.21. The molecule has 0 saturated carbocycles. The van der Waals surface area contributed by atoms with Crippen LogP contribution in [0.3, 0.4) is 0 Å². The van der Waals surface area contributed by atoms with E-state index in [1.807, 2.05) is 36.4 Å². The molecule has 2 heterocycles. The van der Waals surface area contributed by atoms with E-state index in [9.17, 15) is 13.2 Å². The van der Waals surface area contributed by atoms with Crippen LogP contribution >= 0.6 is 0 Å². The highest BCUT2D eigenvalue weighted by Crippen LogP contribution is 2.31. The Morgan fingerprint density at radius 1 is 1.19 bits per heavy atom. The van der Waals surface area contributed by atoms with Crippen molar-refractivity contribution in [3.8, 4) is 16.9 Å². The maximum absolute atomic E-state index is 12.6. The number of carbonyl (C=O) groups is 1. The highest BCUT2D eigenvalue weighted by Gasteiger charge is 2.36. The third kappa shape index (κ3) is 3.70. The van der Waals surface area contributed by atoms with Gasteiger partial charge in [-0.25, -0.2) is 8.42 Å². The number of amides is 1. The molecule has 1 saturated heterocycles. The first-order valence-corrected chi connectivity index (χ1v) is 10.9. The van der Waals surface area contributed by atoms with E-state index >= 15 is 0 Å². The predicted octanol–water partition coefficient (Wildman–Crippen LogP) is 2.65. The normalized spacial score (nSPS) is 19.5. The predicted molar refractivity (Wildman–Crippen MR) is 104 cm³/mol. The number of hydrogen-bond acceptors (Lipinski definition) is 4. The molecule has 0 aliphatic carbocycles. The summed E-state index contributed by atoms with van der Waals surface area (Å²) in [5, 5.41) is 2.88. The Hall–Kier alpha value is -2.38. The van der Waals surface area contributed by atoms with Crippen molar-refractivity contribution in [2.45, 2.75) is 25.3 Å². The number of ether oxygens (including phenoxy) is 1. The molecule has 27 heavy (non-hydrogen) atoms. The minimum Gasteiger partial charge on any atom is -0.493 e. The van der Waals surface area contributed by atoms with Crippen molar-refractivity contribution < 1.29 is 17.9 Å². The van der Waals surface area contributed by atoms with E-state index in [1.54, 1.807) is 0 Å². The van der Waals surface area contributed by atoms with E-state index in [0.717, 1.165) is 29.6 Å². The Morgan fingerprint density at radius 3 is 2.81 bits per heavy atom. The molecule has 2 aromatic carbocycles. The van der Waals surface area contributed by atoms with Crippen LogP contribution < -0.4 is 10.1 Å². The lowest BCUT2D eigenvalue weighted by atomic mass is 10.0. The van der Waals surface area contributed by atoms with Gasteiger partial charge < -0.3 is 10.1 Å². The average molecular weight is 386 g/mol. The first-order valence-electron chi connectivity index (χ1n) is 9.06. The van der Waals surface area contributed by atoms with Gasteiger partial charge in [0.25, 0.3) is 0 Å². The summed E-state index contributed by atoms with van der Waals surface area (Å²) in [6, 6.07) is 13.1. The van der Waals surface area contributed by atoms with Crippen molar-refractivity contribution in [1.29, 1.82) is 0 Å². The number of nitrogens with one attached hydrogen (secondary N) is 1. The number of rotatable bonds is 4. The molecule has 2 aliphatic rings. The number of carbonyl (C=O) groups excluding carboxylic acids is 1. The van der Waals surface area contributed by atoms with Gasteiger partial charge in [0.2, 0.25) is 15.9 Å². The fourth-order valence-corrected chi connectivity index (χ4v) is 4.89. The Balaban J connectivity index is 1.54. The maximum Gasteiger partial charge on any atom is 0.242 e. The lowest BCUT2D eigenvalue weighted by Crippen LogP contribution is -2.42. The minimum absolute atomic E-state index is 0.280. The number of nitrogens with zero attached hydrogens (tertiary/aromatic N) is 1. The van der Waals surface area contributed by atoms with Crippen LogP contribution in [0.2, 0.25) is 0 Å². The first-order chi connectivity index (χ1) is 12.9. The molecular weight excluding hydrogens is 364 g/mol. The molecule has 0 spiro atoms. The van der Waals surface area contributed by atoms with Crippen molar-refractivity contribution in [3.05, 3.63) is 48.0 Å². The summed E-state index contributed by atoms with van der Waals surface area (Å²) < 4.78 is 30.6. The highest BCUT2D eigenvalue weighted by molar-refractivity contribution is 7.88. The van der Waals surface area contributed by atoms with Crippen LogP contribution in [0.25, 0.3) is 11.1 Å². The zero-order chi connectivity index (χ0) is 19.0. The van der Waals surface area contributed by atoms with Gasteiger partial charge in [0, 0.05) is 18.7 Å². The van der Waals surface area contributed by atoms with Gasteiger partial charge in [-0.3, -0.25) is 4.79 Å². The molecule has 1 N–H and O–H groups in total. The minimum atomic E-state index is -3.39. The molecule has 1 unspecified atom stereocenters. The first kappa shape index (κ1) is 18.0. The smallest absolute Gasteiger partial charge is 0.242 e. The van der Waals surface area contributed by atoms with Crippen LogP contribution in [0, 0.1) is 0 Å². The second kappa shape index (κ2) is 6.98. The highest BCUT2D eigenvalue weighted by atomic mass is 32.2. The van der Waals surface area contributed by atoms with Gasteiger partial charge in [-0.2, -0.15) is 4.31 Å². The third-order valence-electron chi connectivity index (χ3n) is 5.09. The zero-order valence-electron chi connectivity index (χ0n) is 15.1. The zero-order valence-corrected chi connectivity index (χ0v) is 16.0. The van der Waals surface area contributed by atoms with E-state index in [1.165, 1.54) is 9.87 Å². The van der Waals surface area contributed by atoms with E-state index in [4.69, 9.17) is 4.74 Å². The molecule has 0 radical (unpaired) electrons. The number of fused-ring (bicyclic) bond motifs is 1. The van der Waals surface area contributed by atoms with Crippen LogP contribution in [-0.4, -0.2) is 44.1 Å². The van der Waals surface area contributed by atoms with E-state index in [-0.39, 0.29) is 5.91 Å². The number of sulfonamides is 1. The van der Waals surface area contributed by atoms with E-state index < -0.39 is 16.1 Å². The second-order valence-corrected chi connectivity index (χ2v) is 8.96. The second-order valence-electron chi connectivity index (χ2n) is 7.02. The summed E-state index contributed by atoms with van der Waals surface area (Å²) in [5.74, 6) is 0.655. The molecule has 7 heteroatoms. The summed E-state index contributed by atoms with van der Waals surface area (Å²) in [6.07, 6.45) is 3.30. The van der Waals surface area contributed by atoms with Gasteiger partial charge in [0.15, 0.2) is 0 Å². The van der Waals surface area contributed by atoms with Crippen LogP contribution in [0.5, 0.6) is 5.75 Å². The van der Waals surface area contributed by atoms with Crippen LogP contribution in [-0.2, 0) is 21.2 Å². The van der Waals surface area contributed by atoms with Crippen molar-refractivity contribution in [1.82, 2.24) is 4.31 Å². The largest absolute Gasteiger partial charge is 0.493 e. The molecule has 142 valence electrons. The van der Waals surface area contributed by atoms with Gasteiger partial charge in [-0.1, -0.05) is 18.2 Å². The van der Waals surface area contributed by atoms with Gasteiger partial charge >= 0.3 is 0 Å². The van der Waals surface area contributed by atoms with Crippen molar-refractivity contribution >= 4 is 21.6 Å². The SMILES string of the molecule is CS(=O)(=O)N1CCCC1C(=O)Nc1cccc(-c2ccc3c(c2)CCO3)c1. The monoisotopic (exact) mass is 386 g/mol. The molecule has 2 aromatic rings. The molecule has 1 amide bonds. The van der Waals surface area contributed by atoms with Crippen LogP contribution in [0.1, 0.15) is 18.4 Å². The van der Waals surface area contributed by atoms with Gasteiger partial charge in [0.1, 0.15) is 11.8 Å². The molecule has 0 aromatic heterocycles. The van der Waals surface area contributed by atoms with E-state index in [0.29, 0.717) is 31.7 Å². The maximum atomic E-state index is 12.6.